The lowest BCUT2D eigenvalue weighted by Gasteiger charge is -2.29. The number of rotatable bonds is 3. The number of methoxy groups -OCH3 is 1. The van der Waals surface area contributed by atoms with Crippen molar-refractivity contribution in [2.24, 2.45) is 0 Å². The molecule has 25 heavy (non-hydrogen) atoms. The van der Waals surface area contributed by atoms with Crippen LogP contribution in [-0.2, 0) is 27.3 Å². The molecule has 2 aromatic rings. The third kappa shape index (κ3) is 2.69. The molecule has 2 heterocycles. The summed E-state index contributed by atoms with van der Waals surface area (Å²) in [6, 6.07) is 1.88. The molecule has 3 rings (SSSR count). The van der Waals surface area contributed by atoms with Gasteiger partial charge in [0.05, 0.1) is 24.3 Å². The van der Waals surface area contributed by atoms with E-state index in [0.29, 0.717) is 17.0 Å². The van der Waals surface area contributed by atoms with Crippen LogP contribution in [0.2, 0.25) is 0 Å². The van der Waals surface area contributed by atoms with Crippen molar-refractivity contribution < 1.29 is 19.2 Å². The molecule has 0 saturated heterocycles. The predicted molar refractivity (Wildman–Crippen MR) is 94.5 cm³/mol. The van der Waals surface area contributed by atoms with Crippen molar-refractivity contribution in [1.82, 2.24) is 9.78 Å². The number of benzene rings is 1. The summed E-state index contributed by atoms with van der Waals surface area (Å²) in [6.45, 7) is 6.22. The smallest absolute Gasteiger partial charge is 0.221 e. The van der Waals surface area contributed by atoms with E-state index >= 15 is 0 Å². The molecule has 0 saturated carbocycles. The maximum Gasteiger partial charge on any atom is 0.221 e. The zero-order valence-corrected chi connectivity index (χ0v) is 15.4. The molecule has 0 radical (unpaired) electrons. The summed E-state index contributed by atoms with van der Waals surface area (Å²) in [5.74, 6) is 1.91. The minimum absolute atomic E-state index is 0.101. The Morgan fingerprint density at radius 1 is 1.48 bits per heavy atom. The molecule has 2 unspecified atom stereocenters. The standard InChI is InChI=1S/C18H20N2O4S/c1-5-20-18(22)14(8-19-20)13-6-10(2)17-16(11(13)3)15(24-4)7-12(9-21)25(17)23/h6,8,15,22H,5,7H2,1-4H3. The molecule has 0 bridgehead atoms. The van der Waals surface area contributed by atoms with Crippen LogP contribution < -0.4 is 0 Å². The van der Waals surface area contributed by atoms with Crippen LogP contribution in [0.25, 0.3) is 11.1 Å². The summed E-state index contributed by atoms with van der Waals surface area (Å²) in [7, 11) is 1.57. The molecule has 1 aromatic carbocycles. The third-order valence-corrected chi connectivity index (χ3v) is 6.28. The number of ether oxygens (including phenoxy) is 1. The van der Waals surface area contributed by atoms with Gasteiger partial charge in [-0.25, -0.2) is 9.48 Å². The molecule has 6 nitrogen and oxygen atoms in total. The number of hydrogen-bond acceptors (Lipinski definition) is 5. The highest BCUT2D eigenvalue weighted by atomic mass is 32.2. The Labute approximate surface area is 149 Å². The van der Waals surface area contributed by atoms with E-state index in [1.54, 1.807) is 19.2 Å². The Balaban J connectivity index is 2.28. The maximum absolute atomic E-state index is 12.7. The lowest BCUT2D eigenvalue weighted by atomic mass is 9.91. The molecular formula is C18H20N2O4S. The first-order valence-electron chi connectivity index (χ1n) is 8.02. The Morgan fingerprint density at radius 3 is 2.76 bits per heavy atom. The fourth-order valence-electron chi connectivity index (χ4n) is 3.38. The predicted octanol–water partition coefficient (Wildman–Crippen LogP) is 2.81. The molecule has 1 aliphatic rings. The van der Waals surface area contributed by atoms with Gasteiger partial charge in [0.1, 0.15) is 0 Å². The fourth-order valence-corrected chi connectivity index (χ4v) is 4.84. The number of hydrogen-bond donors (Lipinski definition) is 1. The lowest BCUT2D eigenvalue weighted by Crippen LogP contribution is -2.23. The van der Waals surface area contributed by atoms with Crippen molar-refractivity contribution in [3.05, 3.63) is 33.9 Å². The highest BCUT2D eigenvalue weighted by Gasteiger charge is 2.39. The molecule has 7 heteroatoms. The number of aryl methyl sites for hydroxylation is 2. The van der Waals surface area contributed by atoms with E-state index in [1.165, 1.54) is 4.68 Å². The molecule has 0 spiro atoms. The van der Waals surface area contributed by atoms with Gasteiger partial charge in [0.25, 0.3) is 0 Å². The van der Waals surface area contributed by atoms with Crippen LogP contribution in [0.3, 0.4) is 0 Å². The van der Waals surface area contributed by atoms with Crippen LogP contribution in [-0.4, -0.2) is 32.5 Å². The Hall–Kier alpha value is -2.05. The van der Waals surface area contributed by atoms with Gasteiger partial charge < -0.3 is 14.4 Å². The normalized spacial score (nSPS) is 19.6. The van der Waals surface area contributed by atoms with E-state index in [9.17, 15) is 14.5 Å². The SMILES string of the molecule is CCn1ncc(-c2cc(C)c3c(c2C)C(OC)CC(=C=O)[S+]3[O-])c1O. The van der Waals surface area contributed by atoms with Crippen LogP contribution in [0.5, 0.6) is 5.88 Å². The largest absolute Gasteiger partial charge is 0.606 e. The van der Waals surface area contributed by atoms with Gasteiger partial charge in [-0.3, -0.25) is 0 Å². The molecular weight excluding hydrogens is 340 g/mol. The molecule has 1 N–H and O–H groups in total. The monoisotopic (exact) mass is 360 g/mol. The molecule has 0 aliphatic carbocycles. The zero-order valence-electron chi connectivity index (χ0n) is 14.6. The average Bonchev–Trinajstić information content (AvgIpc) is 2.98. The van der Waals surface area contributed by atoms with Crippen molar-refractivity contribution in [2.45, 2.75) is 44.7 Å². The van der Waals surface area contributed by atoms with Crippen molar-refractivity contribution in [3.8, 4) is 17.0 Å². The third-order valence-electron chi connectivity index (χ3n) is 4.67. The van der Waals surface area contributed by atoms with E-state index in [4.69, 9.17) is 4.74 Å². The van der Waals surface area contributed by atoms with Crippen LogP contribution in [0.1, 0.15) is 36.1 Å². The lowest BCUT2D eigenvalue weighted by molar-refractivity contribution is 0.101. The second-order valence-electron chi connectivity index (χ2n) is 6.03. The number of aromatic nitrogens is 2. The Kier molecular flexibility index (Phi) is 4.75. The Bertz CT molecular complexity index is 884. The van der Waals surface area contributed by atoms with Crippen molar-refractivity contribution >= 4 is 17.1 Å². The Morgan fingerprint density at radius 2 is 2.20 bits per heavy atom. The van der Waals surface area contributed by atoms with Gasteiger partial charge in [0, 0.05) is 36.0 Å². The van der Waals surface area contributed by atoms with Crippen LogP contribution in [0, 0.1) is 13.8 Å². The van der Waals surface area contributed by atoms with Crippen molar-refractivity contribution in [2.75, 3.05) is 7.11 Å². The molecule has 1 aliphatic heterocycles. The average molecular weight is 360 g/mol. The van der Waals surface area contributed by atoms with Crippen LogP contribution in [0.4, 0.5) is 0 Å². The summed E-state index contributed by atoms with van der Waals surface area (Å²) in [4.78, 5) is 12.0. The highest BCUT2D eigenvalue weighted by molar-refractivity contribution is 7.95. The second-order valence-corrected chi connectivity index (χ2v) is 7.47. The van der Waals surface area contributed by atoms with E-state index in [2.05, 4.69) is 5.10 Å². The minimum atomic E-state index is -1.53. The van der Waals surface area contributed by atoms with Crippen molar-refractivity contribution in [1.29, 1.82) is 0 Å². The highest BCUT2D eigenvalue weighted by Crippen LogP contribution is 2.46. The summed E-state index contributed by atoms with van der Waals surface area (Å²) < 4.78 is 19.8. The van der Waals surface area contributed by atoms with Gasteiger partial charge in [0.15, 0.2) is 10.8 Å². The first kappa shape index (κ1) is 17.8. The van der Waals surface area contributed by atoms with Crippen LogP contribution >= 0.6 is 0 Å². The number of carbonyl (C=O) groups excluding carboxylic acids is 1. The first-order valence-corrected chi connectivity index (χ1v) is 9.17. The van der Waals surface area contributed by atoms with E-state index in [-0.39, 0.29) is 23.3 Å². The number of aromatic hydroxyl groups is 1. The molecule has 1 aromatic heterocycles. The summed E-state index contributed by atoms with van der Waals surface area (Å²) in [5.41, 5.74) is 3.93. The topological polar surface area (TPSA) is 87.4 Å². The summed E-state index contributed by atoms with van der Waals surface area (Å²) >= 11 is -1.53. The summed E-state index contributed by atoms with van der Waals surface area (Å²) in [5, 5.41) is 14.6. The van der Waals surface area contributed by atoms with Gasteiger partial charge in [0.2, 0.25) is 10.8 Å². The minimum Gasteiger partial charge on any atom is -0.606 e. The molecule has 132 valence electrons. The van der Waals surface area contributed by atoms with Gasteiger partial charge in [-0.2, -0.15) is 5.10 Å². The van der Waals surface area contributed by atoms with E-state index < -0.39 is 11.2 Å². The molecule has 0 amide bonds. The van der Waals surface area contributed by atoms with Crippen molar-refractivity contribution in [3.63, 3.8) is 0 Å². The quantitative estimate of drug-likeness (QED) is 0.672. The van der Waals surface area contributed by atoms with Gasteiger partial charge in [-0.05, 0) is 38.0 Å². The zero-order chi connectivity index (χ0) is 18.3. The van der Waals surface area contributed by atoms with E-state index in [1.807, 2.05) is 26.8 Å². The fraction of sp³-hybridized carbons (Fsp3) is 0.389. The number of nitrogens with zero attached hydrogens (tertiary/aromatic N) is 2. The maximum atomic E-state index is 12.7. The van der Waals surface area contributed by atoms with Gasteiger partial charge in [-0.15, -0.1) is 0 Å². The molecule has 2 atom stereocenters. The molecule has 0 fully saturated rings. The first-order chi connectivity index (χ1) is 11.9. The van der Waals surface area contributed by atoms with Gasteiger partial charge >= 0.3 is 0 Å². The van der Waals surface area contributed by atoms with E-state index in [0.717, 1.165) is 22.3 Å². The van der Waals surface area contributed by atoms with Crippen LogP contribution in [0.15, 0.2) is 22.1 Å². The number of fused-ring (bicyclic) bond motifs is 1. The summed E-state index contributed by atoms with van der Waals surface area (Å²) in [6.07, 6.45) is 1.51. The second kappa shape index (κ2) is 6.69. The van der Waals surface area contributed by atoms with Gasteiger partial charge in [-0.1, -0.05) is 0 Å².